The van der Waals surface area contributed by atoms with Crippen molar-refractivity contribution in [2.45, 2.75) is 19.4 Å². The fourth-order valence-corrected chi connectivity index (χ4v) is 3.05. The lowest BCUT2D eigenvalue weighted by Gasteiger charge is -2.19. The van der Waals surface area contributed by atoms with Crippen molar-refractivity contribution in [2.75, 3.05) is 13.1 Å². The number of rotatable bonds is 6. The summed E-state index contributed by atoms with van der Waals surface area (Å²) in [7, 11) is 0. The molecular formula is C16H21ClN4O3. The maximum absolute atomic E-state index is 11.6. The van der Waals surface area contributed by atoms with E-state index in [0.29, 0.717) is 12.1 Å². The summed E-state index contributed by atoms with van der Waals surface area (Å²) < 4.78 is 1.59. The molecular weight excluding hydrogens is 332 g/mol. The molecule has 3 N–H and O–H groups in total. The first-order valence-corrected chi connectivity index (χ1v) is 7.72. The van der Waals surface area contributed by atoms with Gasteiger partial charge in [0.1, 0.15) is 5.69 Å². The van der Waals surface area contributed by atoms with Gasteiger partial charge in [0.2, 0.25) is 0 Å². The van der Waals surface area contributed by atoms with E-state index in [1.165, 1.54) is 0 Å². The highest BCUT2D eigenvalue weighted by Gasteiger charge is 2.30. The summed E-state index contributed by atoms with van der Waals surface area (Å²) in [4.78, 5) is 11.6. The van der Waals surface area contributed by atoms with Gasteiger partial charge in [0.05, 0.1) is 24.4 Å². The van der Waals surface area contributed by atoms with Gasteiger partial charge in [0.15, 0.2) is 0 Å². The van der Waals surface area contributed by atoms with Gasteiger partial charge in [-0.25, -0.2) is 4.68 Å². The molecule has 0 bridgehead atoms. The predicted molar refractivity (Wildman–Crippen MR) is 90.3 cm³/mol. The zero-order valence-electron chi connectivity index (χ0n) is 13.1. The summed E-state index contributed by atoms with van der Waals surface area (Å²) in [6.07, 6.45) is 3.06. The van der Waals surface area contributed by atoms with Crippen molar-refractivity contribution in [1.82, 2.24) is 20.3 Å². The molecule has 1 saturated heterocycles. The highest BCUT2D eigenvalue weighted by Crippen LogP contribution is 2.24. The summed E-state index contributed by atoms with van der Waals surface area (Å²) in [6.45, 7) is 1.49. The number of benzene rings is 1. The number of aliphatic hydroxyl groups excluding tert-OH is 1. The molecule has 2 aromatic rings. The van der Waals surface area contributed by atoms with E-state index >= 15 is 0 Å². The molecule has 3 rings (SSSR count). The van der Waals surface area contributed by atoms with E-state index in [1.807, 2.05) is 24.3 Å². The van der Waals surface area contributed by atoms with Crippen LogP contribution in [0.5, 0.6) is 0 Å². The number of carboxylic acid groups (broad SMARTS) is 1. The number of aromatic nitrogens is 3. The first-order valence-electron chi connectivity index (χ1n) is 7.72. The monoisotopic (exact) mass is 352 g/mol. The van der Waals surface area contributed by atoms with Crippen LogP contribution in [0.2, 0.25) is 0 Å². The smallest absolute Gasteiger partial charge is 0.307 e. The minimum atomic E-state index is -0.743. The Morgan fingerprint density at radius 2 is 2.29 bits per heavy atom. The Hall–Kier alpha value is -1.96. The molecule has 7 nitrogen and oxygen atoms in total. The van der Waals surface area contributed by atoms with E-state index in [9.17, 15) is 9.90 Å². The molecule has 1 aromatic carbocycles. The van der Waals surface area contributed by atoms with E-state index in [1.54, 1.807) is 10.9 Å². The molecule has 1 aromatic heterocycles. The third-order valence-corrected chi connectivity index (χ3v) is 4.32. The van der Waals surface area contributed by atoms with Crippen LogP contribution in [0, 0.1) is 11.8 Å². The molecule has 24 heavy (non-hydrogen) atoms. The van der Waals surface area contributed by atoms with Crippen LogP contribution in [0.15, 0.2) is 30.5 Å². The van der Waals surface area contributed by atoms with E-state index < -0.39 is 5.97 Å². The lowest BCUT2D eigenvalue weighted by molar-refractivity contribution is -0.143. The highest BCUT2D eigenvalue weighted by atomic mass is 35.5. The number of aliphatic carboxylic acids is 1. The Kier molecular flexibility index (Phi) is 6.30. The average Bonchev–Trinajstić information content (AvgIpc) is 3.24. The number of hydrogen-bond donors (Lipinski definition) is 3. The van der Waals surface area contributed by atoms with Gasteiger partial charge in [0.25, 0.3) is 0 Å². The van der Waals surface area contributed by atoms with Gasteiger partial charge in [-0.05, 0) is 49.5 Å². The van der Waals surface area contributed by atoms with Crippen LogP contribution in [0.4, 0.5) is 0 Å². The fourth-order valence-electron chi connectivity index (χ4n) is 3.05. The van der Waals surface area contributed by atoms with E-state index in [0.717, 1.165) is 30.8 Å². The Labute approximate surface area is 146 Å². The lowest BCUT2D eigenvalue weighted by atomic mass is 9.86. The third-order valence-electron chi connectivity index (χ3n) is 4.32. The zero-order valence-corrected chi connectivity index (χ0v) is 13.9. The molecule has 1 aliphatic rings. The second-order valence-electron chi connectivity index (χ2n) is 5.88. The molecule has 1 aliphatic heterocycles. The van der Waals surface area contributed by atoms with Crippen molar-refractivity contribution in [1.29, 1.82) is 0 Å². The highest BCUT2D eigenvalue weighted by molar-refractivity contribution is 5.85. The Morgan fingerprint density at radius 1 is 1.46 bits per heavy atom. The molecule has 0 spiro atoms. The molecule has 0 saturated carbocycles. The topological polar surface area (TPSA) is 100 Å². The number of halogens is 1. The third kappa shape index (κ3) is 4.11. The van der Waals surface area contributed by atoms with Crippen molar-refractivity contribution in [3.05, 3.63) is 41.7 Å². The Morgan fingerprint density at radius 3 is 2.92 bits per heavy atom. The van der Waals surface area contributed by atoms with Crippen LogP contribution in [-0.4, -0.2) is 44.3 Å². The number of aliphatic hydroxyl groups is 1. The quantitative estimate of drug-likeness (QED) is 0.718. The minimum absolute atomic E-state index is 0. The van der Waals surface area contributed by atoms with Crippen LogP contribution in [0.1, 0.15) is 17.7 Å². The first kappa shape index (κ1) is 18.4. The standard InChI is InChI=1S/C16H20N4O3.ClH/c21-10-13-9-20(19-18-13)14-3-1-2-11(6-14)7-15(16(22)23)12-4-5-17-8-12;/h1-3,6,9,12,15,17,21H,4-5,7-8,10H2,(H,22,23);1H/t12-,15?;/m0./s1. The normalized spacial score (nSPS) is 18.1. The first-order chi connectivity index (χ1) is 11.2. The number of carboxylic acids is 1. The number of hydrogen-bond acceptors (Lipinski definition) is 5. The van der Waals surface area contributed by atoms with E-state index in [2.05, 4.69) is 15.6 Å². The molecule has 1 fully saturated rings. The van der Waals surface area contributed by atoms with Gasteiger partial charge < -0.3 is 15.5 Å². The number of carbonyl (C=O) groups is 1. The molecule has 8 heteroatoms. The number of nitrogens with one attached hydrogen (secondary N) is 1. The van der Waals surface area contributed by atoms with Gasteiger partial charge in [0, 0.05) is 0 Å². The maximum atomic E-state index is 11.6. The second kappa shape index (κ2) is 8.23. The summed E-state index contributed by atoms with van der Waals surface area (Å²) >= 11 is 0. The summed E-state index contributed by atoms with van der Waals surface area (Å²) in [5, 5.41) is 29.7. The SMILES string of the molecule is Cl.O=C(O)C(Cc1cccc(-n2cc(CO)nn2)c1)[C@H]1CCNC1. The van der Waals surface area contributed by atoms with Crippen LogP contribution in [0.3, 0.4) is 0 Å². The van der Waals surface area contributed by atoms with Crippen LogP contribution >= 0.6 is 12.4 Å². The molecule has 2 atom stereocenters. The van der Waals surface area contributed by atoms with Gasteiger partial charge >= 0.3 is 5.97 Å². The summed E-state index contributed by atoms with van der Waals surface area (Å²) in [5.74, 6) is -0.958. The van der Waals surface area contributed by atoms with Crippen molar-refractivity contribution in [3.63, 3.8) is 0 Å². The van der Waals surface area contributed by atoms with Gasteiger partial charge in [-0.1, -0.05) is 17.3 Å². The predicted octanol–water partition coefficient (Wildman–Crippen LogP) is 1.03. The van der Waals surface area contributed by atoms with Crippen LogP contribution in [-0.2, 0) is 17.8 Å². The largest absolute Gasteiger partial charge is 0.481 e. The molecule has 130 valence electrons. The van der Waals surface area contributed by atoms with Gasteiger partial charge in [-0.3, -0.25) is 4.79 Å². The summed E-state index contributed by atoms with van der Waals surface area (Å²) in [6, 6.07) is 7.63. The van der Waals surface area contributed by atoms with Crippen molar-refractivity contribution in [3.8, 4) is 5.69 Å². The number of nitrogens with zero attached hydrogens (tertiary/aromatic N) is 3. The average molecular weight is 353 g/mol. The van der Waals surface area contributed by atoms with Gasteiger partial charge in [-0.2, -0.15) is 0 Å². The van der Waals surface area contributed by atoms with E-state index in [4.69, 9.17) is 5.11 Å². The second-order valence-corrected chi connectivity index (χ2v) is 5.88. The minimum Gasteiger partial charge on any atom is -0.481 e. The molecule has 0 radical (unpaired) electrons. The maximum Gasteiger partial charge on any atom is 0.307 e. The lowest BCUT2D eigenvalue weighted by Crippen LogP contribution is -2.27. The Balaban J connectivity index is 0.00000208. The molecule has 0 aliphatic carbocycles. The summed E-state index contributed by atoms with van der Waals surface area (Å²) in [5.41, 5.74) is 2.27. The van der Waals surface area contributed by atoms with Crippen molar-refractivity contribution in [2.24, 2.45) is 11.8 Å². The van der Waals surface area contributed by atoms with Crippen LogP contribution < -0.4 is 5.32 Å². The zero-order chi connectivity index (χ0) is 16.2. The van der Waals surface area contributed by atoms with Crippen molar-refractivity contribution >= 4 is 18.4 Å². The van der Waals surface area contributed by atoms with Crippen LogP contribution in [0.25, 0.3) is 5.69 Å². The molecule has 0 amide bonds. The molecule has 2 heterocycles. The van der Waals surface area contributed by atoms with E-state index in [-0.39, 0.29) is 30.8 Å². The van der Waals surface area contributed by atoms with Gasteiger partial charge in [-0.15, -0.1) is 17.5 Å². The Bertz CT molecular complexity index is 685. The van der Waals surface area contributed by atoms with Crippen molar-refractivity contribution < 1.29 is 15.0 Å². The fraction of sp³-hybridized carbons (Fsp3) is 0.438. The molecule has 1 unspecified atom stereocenters.